The molecule has 0 spiro atoms. The van der Waals surface area contributed by atoms with Gasteiger partial charge in [-0.25, -0.2) is 0 Å². The zero-order valence-corrected chi connectivity index (χ0v) is 10.5. The van der Waals surface area contributed by atoms with Crippen LogP contribution in [0.5, 0.6) is 0 Å². The number of hydrogen-bond donors (Lipinski definition) is 0. The fourth-order valence-electron chi connectivity index (χ4n) is 1.62. The van der Waals surface area contributed by atoms with Crippen LogP contribution in [-0.2, 0) is 11.3 Å². The van der Waals surface area contributed by atoms with Crippen molar-refractivity contribution in [3.63, 3.8) is 0 Å². The number of thiophene rings is 1. The molecule has 0 saturated heterocycles. The van der Waals surface area contributed by atoms with Crippen LogP contribution in [0.2, 0.25) is 0 Å². The minimum absolute atomic E-state index is 0.0436. The number of nitrogens with zero attached hydrogens (tertiary/aromatic N) is 1. The first-order valence-corrected chi connectivity index (χ1v) is 6.36. The van der Waals surface area contributed by atoms with Crippen molar-refractivity contribution in [3.8, 4) is 0 Å². The Bertz CT molecular complexity index is 295. The third kappa shape index (κ3) is 3.43. The van der Waals surface area contributed by atoms with E-state index in [2.05, 4.69) is 29.3 Å². The van der Waals surface area contributed by atoms with E-state index in [1.165, 1.54) is 4.88 Å². The molecule has 0 bridgehead atoms. The molecular formula is C12H19NOS. The van der Waals surface area contributed by atoms with Crippen molar-refractivity contribution < 1.29 is 4.79 Å². The number of hydrogen-bond acceptors (Lipinski definition) is 3. The Balaban J connectivity index is 2.59. The lowest BCUT2D eigenvalue weighted by Crippen LogP contribution is -2.37. The summed E-state index contributed by atoms with van der Waals surface area (Å²) in [5, 5.41) is 2.08. The van der Waals surface area contributed by atoms with Gasteiger partial charge in [0.05, 0.1) is 6.04 Å². The standard InChI is InChI=1S/C12H19NOS/c1-4-12(14)10(3)13(5-2)9-11-7-6-8-15-11/h6-8,10H,4-5,9H2,1-3H3. The van der Waals surface area contributed by atoms with Crippen LogP contribution in [0, 0.1) is 0 Å². The summed E-state index contributed by atoms with van der Waals surface area (Å²) in [6.45, 7) is 7.85. The zero-order chi connectivity index (χ0) is 11.3. The van der Waals surface area contributed by atoms with Gasteiger partial charge >= 0.3 is 0 Å². The molecule has 0 fully saturated rings. The molecule has 0 aliphatic heterocycles. The van der Waals surface area contributed by atoms with Gasteiger partial charge in [-0.15, -0.1) is 11.3 Å². The monoisotopic (exact) mass is 225 g/mol. The maximum Gasteiger partial charge on any atom is 0.149 e. The van der Waals surface area contributed by atoms with Gasteiger partial charge in [-0.05, 0) is 24.9 Å². The number of likely N-dealkylation sites (N-methyl/N-ethyl adjacent to an activating group) is 1. The predicted molar refractivity (Wildman–Crippen MR) is 65.2 cm³/mol. The number of Topliss-reactive ketones (excluding diaryl/α,β-unsaturated/α-hetero) is 1. The third-order valence-electron chi connectivity index (χ3n) is 2.71. The molecule has 0 N–H and O–H groups in total. The van der Waals surface area contributed by atoms with Crippen molar-refractivity contribution in [2.45, 2.75) is 39.8 Å². The average Bonchev–Trinajstić information content (AvgIpc) is 2.76. The molecule has 15 heavy (non-hydrogen) atoms. The highest BCUT2D eigenvalue weighted by molar-refractivity contribution is 7.09. The summed E-state index contributed by atoms with van der Waals surface area (Å²) < 4.78 is 0. The molecule has 1 atom stereocenters. The maximum atomic E-state index is 11.6. The second-order valence-electron chi connectivity index (χ2n) is 3.64. The number of ketones is 1. The van der Waals surface area contributed by atoms with Crippen LogP contribution < -0.4 is 0 Å². The van der Waals surface area contributed by atoms with Crippen molar-refractivity contribution in [1.29, 1.82) is 0 Å². The molecule has 84 valence electrons. The van der Waals surface area contributed by atoms with Gasteiger partial charge in [-0.1, -0.05) is 19.9 Å². The van der Waals surface area contributed by atoms with E-state index < -0.39 is 0 Å². The molecular weight excluding hydrogens is 206 g/mol. The maximum absolute atomic E-state index is 11.6. The molecule has 0 aromatic carbocycles. The molecule has 0 aliphatic carbocycles. The van der Waals surface area contributed by atoms with Crippen LogP contribution in [0.15, 0.2) is 17.5 Å². The second kappa shape index (κ2) is 6.03. The SMILES string of the molecule is CCC(=O)C(C)N(CC)Cc1cccs1. The molecule has 0 radical (unpaired) electrons. The summed E-state index contributed by atoms with van der Waals surface area (Å²) in [5.41, 5.74) is 0. The van der Waals surface area contributed by atoms with Gasteiger partial charge in [0.2, 0.25) is 0 Å². The van der Waals surface area contributed by atoms with Crippen LogP contribution in [0.25, 0.3) is 0 Å². The van der Waals surface area contributed by atoms with Crippen molar-refractivity contribution in [1.82, 2.24) is 4.90 Å². The van der Waals surface area contributed by atoms with E-state index in [9.17, 15) is 4.79 Å². The summed E-state index contributed by atoms with van der Waals surface area (Å²) in [4.78, 5) is 15.1. The topological polar surface area (TPSA) is 20.3 Å². The van der Waals surface area contributed by atoms with E-state index in [0.717, 1.165) is 13.1 Å². The molecule has 0 saturated carbocycles. The Kier molecular flexibility index (Phi) is 4.99. The summed E-state index contributed by atoms with van der Waals surface area (Å²) >= 11 is 1.75. The van der Waals surface area contributed by atoms with Gasteiger partial charge in [0.1, 0.15) is 5.78 Å². The van der Waals surface area contributed by atoms with Crippen LogP contribution in [0.3, 0.4) is 0 Å². The summed E-state index contributed by atoms with van der Waals surface area (Å²) in [5.74, 6) is 0.327. The minimum Gasteiger partial charge on any atom is -0.298 e. The number of carbonyl (C=O) groups excluding carboxylic acids is 1. The quantitative estimate of drug-likeness (QED) is 0.742. The van der Waals surface area contributed by atoms with E-state index in [1.54, 1.807) is 11.3 Å². The number of carbonyl (C=O) groups is 1. The Labute approximate surface area is 95.9 Å². The van der Waals surface area contributed by atoms with E-state index in [0.29, 0.717) is 12.2 Å². The predicted octanol–water partition coefficient (Wildman–Crippen LogP) is 2.94. The highest BCUT2D eigenvalue weighted by Gasteiger charge is 2.18. The third-order valence-corrected chi connectivity index (χ3v) is 3.57. The second-order valence-corrected chi connectivity index (χ2v) is 4.67. The van der Waals surface area contributed by atoms with Crippen LogP contribution in [0.4, 0.5) is 0 Å². The molecule has 1 unspecified atom stereocenters. The van der Waals surface area contributed by atoms with E-state index in [4.69, 9.17) is 0 Å². The summed E-state index contributed by atoms with van der Waals surface area (Å²) in [7, 11) is 0. The summed E-state index contributed by atoms with van der Waals surface area (Å²) in [6.07, 6.45) is 0.627. The van der Waals surface area contributed by atoms with Crippen LogP contribution in [-0.4, -0.2) is 23.3 Å². The first kappa shape index (κ1) is 12.4. The fraction of sp³-hybridized carbons (Fsp3) is 0.583. The molecule has 1 heterocycles. The van der Waals surface area contributed by atoms with E-state index >= 15 is 0 Å². The zero-order valence-electron chi connectivity index (χ0n) is 9.69. The molecule has 1 rings (SSSR count). The van der Waals surface area contributed by atoms with Crippen molar-refractivity contribution in [2.24, 2.45) is 0 Å². The van der Waals surface area contributed by atoms with Crippen LogP contribution >= 0.6 is 11.3 Å². The first-order valence-electron chi connectivity index (χ1n) is 5.48. The lowest BCUT2D eigenvalue weighted by atomic mass is 10.1. The van der Waals surface area contributed by atoms with Gasteiger partial charge in [-0.2, -0.15) is 0 Å². The van der Waals surface area contributed by atoms with Crippen molar-refractivity contribution >= 4 is 17.1 Å². The fourth-order valence-corrected chi connectivity index (χ4v) is 2.35. The smallest absolute Gasteiger partial charge is 0.149 e. The van der Waals surface area contributed by atoms with Crippen molar-refractivity contribution in [3.05, 3.63) is 22.4 Å². The Morgan fingerprint density at radius 2 is 2.27 bits per heavy atom. The first-order chi connectivity index (χ1) is 7.19. The lowest BCUT2D eigenvalue weighted by Gasteiger charge is -2.25. The van der Waals surface area contributed by atoms with Crippen molar-refractivity contribution in [2.75, 3.05) is 6.54 Å². The number of rotatable bonds is 6. The molecule has 0 amide bonds. The molecule has 1 aromatic heterocycles. The molecule has 1 aromatic rings. The Morgan fingerprint density at radius 1 is 1.53 bits per heavy atom. The van der Waals surface area contributed by atoms with Gasteiger partial charge in [-0.3, -0.25) is 9.69 Å². The highest BCUT2D eigenvalue weighted by Crippen LogP contribution is 2.14. The largest absolute Gasteiger partial charge is 0.298 e. The average molecular weight is 225 g/mol. The van der Waals surface area contributed by atoms with E-state index in [1.807, 2.05) is 13.8 Å². The van der Waals surface area contributed by atoms with Gasteiger partial charge in [0.25, 0.3) is 0 Å². The highest BCUT2D eigenvalue weighted by atomic mass is 32.1. The Hall–Kier alpha value is -0.670. The van der Waals surface area contributed by atoms with E-state index in [-0.39, 0.29) is 6.04 Å². The van der Waals surface area contributed by atoms with Crippen LogP contribution in [0.1, 0.15) is 32.1 Å². The molecule has 2 nitrogen and oxygen atoms in total. The lowest BCUT2D eigenvalue weighted by molar-refractivity contribution is -0.123. The summed E-state index contributed by atoms with van der Waals surface area (Å²) in [6, 6.07) is 4.22. The van der Waals surface area contributed by atoms with Gasteiger partial charge < -0.3 is 0 Å². The normalized spacial score (nSPS) is 13.1. The molecule has 3 heteroatoms. The van der Waals surface area contributed by atoms with Gasteiger partial charge in [0.15, 0.2) is 0 Å². The molecule has 0 aliphatic rings. The van der Waals surface area contributed by atoms with Gasteiger partial charge in [0, 0.05) is 17.8 Å². The minimum atomic E-state index is 0.0436. The Morgan fingerprint density at radius 3 is 2.73 bits per heavy atom.